The average Bonchev–Trinajstić information content (AvgIpc) is 3.07. The summed E-state index contributed by atoms with van der Waals surface area (Å²) in [6.07, 6.45) is 7.08. The van der Waals surface area contributed by atoms with Gasteiger partial charge in [-0.1, -0.05) is 0 Å². The van der Waals surface area contributed by atoms with Crippen molar-refractivity contribution in [1.29, 1.82) is 0 Å². The standard InChI is InChI=1S/C18H26F3NO5S/c19-18(20,21)28(25,26)22(24)5-3-1-2-4-6-27-15(23)16-9-13-7-12-8-14(10-16)17(12,13)11-16/h12-14,22H,1-11H2. The van der Waals surface area contributed by atoms with Crippen LogP contribution in [0.5, 0.6) is 0 Å². The predicted octanol–water partition coefficient (Wildman–Crippen LogP) is 2.15. The third kappa shape index (κ3) is 2.81. The van der Waals surface area contributed by atoms with Crippen LogP contribution in [0.15, 0.2) is 0 Å². The van der Waals surface area contributed by atoms with E-state index in [2.05, 4.69) is 0 Å². The first-order valence-corrected chi connectivity index (χ1v) is 11.5. The summed E-state index contributed by atoms with van der Waals surface area (Å²) < 4.78 is 62.3. The van der Waals surface area contributed by atoms with Gasteiger partial charge in [0.05, 0.1) is 18.6 Å². The first kappa shape index (κ1) is 20.4. The molecular weight excluding hydrogens is 399 g/mol. The van der Waals surface area contributed by atoms with E-state index in [0.717, 1.165) is 25.2 Å². The van der Waals surface area contributed by atoms with Gasteiger partial charge in [-0.25, -0.2) is 0 Å². The van der Waals surface area contributed by atoms with Crippen molar-refractivity contribution >= 4 is 16.0 Å². The smallest absolute Gasteiger partial charge is 0.549 e. The molecule has 3 atom stereocenters. The van der Waals surface area contributed by atoms with Crippen molar-refractivity contribution < 1.29 is 35.6 Å². The third-order valence-electron chi connectivity index (χ3n) is 7.88. The van der Waals surface area contributed by atoms with Gasteiger partial charge in [-0.15, -0.1) is 0 Å². The number of ether oxygens (including phenoxy) is 1. The van der Waals surface area contributed by atoms with E-state index in [1.807, 2.05) is 0 Å². The fraction of sp³-hybridized carbons (Fsp3) is 0.944. The molecule has 4 aliphatic rings. The lowest BCUT2D eigenvalue weighted by Crippen LogP contribution is -3.10. The predicted molar refractivity (Wildman–Crippen MR) is 92.0 cm³/mol. The molecule has 0 aromatic heterocycles. The Balaban J connectivity index is 1.12. The number of carbonyl (C=O) groups excluding carboxylic acids is 1. The Morgan fingerprint density at radius 2 is 1.68 bits per heavy atom. The van der Waals surface area contributed by atoms with Crippen molar-refractivity contribution in [2.75, 3.05) is 13.2 Å². The molecule has 10 heteroatoms. The summed E-state index contributed by atoms with van der Waals surface area (Å²) in [5.74, 6) is 2.17. The summed E-state index contributed by atoms with van der Waals surface area (Å²) >= 11 is 0. The molecule has 0 saturated heterocycles. The number of fused-ring (bicyclic) bond motifs is 1. The summed E-state index contributed by atoms with van der Waals surface area (Å²) in [6.45, 7) is -0.377. The van der Waals surface area contributed by atoms with Crippen molar-refractivity contribution in [3.63, 3.8) is 0 Å². The van der Waals surface area contributed by atoms with E-state index in [-0.39, 0.29) is 24.4 Å². The zero-order valence-corrected chi connectivity index (χ0v) is 16.4. The number of quaternary nitrogens is 1. The fourth-order valence-corrected chi connectivity index (χ4v) is 7.29. The highest BCUT2D eigenvalue weighted by Gasteiger charge is 2.79. The second kappa shape index (κ2) is 6.57. The summed E-state index contributed by atoms with van der Waals surface area (Å²) in [6, 6.07) is 0. The van der Waals surface area contributed by atoms with Gasteiger partial charge in [0.25, 0.3) is 0 Å². The van der Waals surface area contributed by atoms with Gasteiger partial charge >= 0.3 is 21.5 Å². The minimum atomic E-state index is -5.71. The molecule has 0 radical (unpaired) electrons. The minimum Gasteiger partial charge on any atom is -0.618 e. The molecule has 1 N–H and O–H groups in total. The highest BCUT2D eigenvalue weighted by molar-refractivity contribution is 7.86. The van der Waals surface area contributed by atoms with Crippen LogP contribution in [-0.2, 0) is 19.6 Å². The first-order valence-electron chi connectivity index (χ1n) is 10.0. The Kier molecular flexibility index (Phi) is 4.79. The molecule has 0 heterocycles. The topological polar surface area (TPSA) is 87.9 Å². The quantitative estimate of drug-likeness (QED) is 0.347. The Hall–Kier alpha value is -0.870. The van der Waals surface area contributed by atoms with Crippen molar-refractivity contribution in [3.8, 4) is 0 Å². The lowest BCUT2D eigenvalue weighted by Gasteiger charge is -2.66. The maximum absolute atomic E-state index is 12.6. The van der Waals surface area contributed by atoms with E-state index in [1.54, 1.807) is 0 Å². The Bertz CT molecular complexity index is 737. The van der Waals surface area contributed by atoms with Gasteiger partial charge in [0.15, 0.2) is 0 Å². The SMILES string of the molecule is O=C(OCCCCCC[NH+]([O-])S(=O)(=O)C(F)(F)F)C12CC3CC4CC(C1)C43C2. The highest BCUT2D eigenvalue weighted by atomic mass is 32.2. The average molecular weight is 425 g/mol. The number of unbranched alkanes of at least 4 members (excludes halogenated alkanes) is 3. The van der Waals surface area contributed by atoms with Gasteiger partial charge in [0, 0.05) is 0 Å². The molecule has 0 aliphatic heterocycles. The number of alkyl halides is 3. The van der Waals surface area contributed by atoms with Crippen LogP contribution in [0.4, 0.5) is 13.2 Å². The number of rotatable bonds is 9. The molecule has 0 aromatic carbocycles. The molecule has 6 nitrogen and oxygen atoms in total. The molecule has 160 valence electrons. The van der Waals surface area contributed by atoms with Crippen molar-refractivity contribution in [2.45, 2.75) is 63.3 Å². The van der Waals surface area contributed by atoms with Crippen LogP contribution in [-0.4, -0.2) is 33.0 Å². The molecule has 0 amide bonds. The fourth-order valence-electron chi connectivity index (χ4n) is 6.62. The van der Waals surface area contributed by atoms with Gasteiger partial charge in [0.2, 0.25) is 0 Å². The zero-order valence-electron chi connectivity index (χ0n) is 15.6. The van der Waals surface area contributed by atoms with E-state index >= 15 is 0 Å². The molecule has 0 aromatic rings. The lowest BCUT2D eigenvalue weighted by atomic mass is 9.38. The Morgan fingerprint density at radius 1 is 1.07 bits per heavy atom. The number of esters is 1. The molecule has 1 spiro atoms. The number of hydrogen-bond acceptors (Lipinski definition) is 5. The van der Waals surface area contributed by atoms with Crippen LogP contribution in [0.2, 0.25) is 0 Å². The van der Waals surface area contributed by atoms with E-state index < -0.39 is 26.5 Å². The molecule has 4 aliphatic carbocycles. The van der Waals surface area contributed by atoms with Crippen molar-refractivity contribution in [2.24, 2.45) is 28.6 Å². The molecule has 4 saturated carbocycles. The zero-order chi connectivity index (χ0) is 20.4. The van der Waals surface area contributed by atoms with Gasteiger partial charge in [-0.05, 0) is 81.0 Å². The van der Waals surface area contributed by atoms with Crippen molar-refractivity contribution in [3.05, 3.63) is 5.21 Å². The number of sulfonamides is 1. The Labute approximate surface area is 162 Å². The van der Waals surface area contributed by atoms with Crippen molar-refractivity contribution in [1.82, 2.24) is 0 Å². The van der Waals surface area contributed by atoms with E-state index in [1.165, 1.54) is 12.8 Å². The van der Waals surface area contributed by atoms with Gasteiger partial charge in [-0.2, -0.15) is 21.6 Å². The minimum absolute atomic E-state index is 0.0687. The summed E-state index contributed by atoms with van der Waals surface area (Å²) in [5.41, 5.74) is -5.35. The maximum atomic E-state index is 12.6. The van der Waals surface area contributed by atoms with Gasteiger partial charge in [0.1, 0.15) is 0 Å². The number of halogens is 3. The van der Waals surface area contributed by atoms with Crippen LogP contribution < -0.4 is 4.47 Å². The monoisotopic (exact) mass is 425 g/mol. The molecule has 2 bridgehead atoms. The number of hydrogen-bond donors (Lipinski definition) is 1. The van der Waals surface area contributed by atoms with Crippen LogP contribution >= 0.6 is 0 Å². The lowest BCUT2D eigenvalue weighted by molar-refractivity contribution is -0.712. The van der Waals surface area contributed by atoms with Crippen LogP contribution in [0.3, 0.4) is 0 Å². The summed E-state index contributed by atoms with van der Waals surface area (Å²) in [4.78, 5) is 12.6. The molecule has 4 fully saturated rings. The van der Waals surface area contributed by atoms with E-state index in [0.29, 0.717) is 36.5 Å². The van der Waals surface area contributed by atoms with E-state index in [4.69, 9.17) is 4.74 Å². The molecular formula is C18H26F3NO5S. The summed E-state index contributed by atoms with van der Waals surface area (Å²) in [7, 11) is -5.71. The van der Waals surface area contributed by atoms with E-state index in [9.17, 15) is 31.6 Å². The summed E-state index contributed by atoms with van der Waals surface area (Å²) in [5, 5.41) is 11.2. The van der Waals surface area contributed by atoms with Crippen LogP contribution in [0.25, 0.3) is 0 Å². The second-order valence-electron chi connectivity index (χ2n) is 9.16. The molecule has 4 rings (SSSR count). The molecule has 3 unspecified atom stereocenters. The van der Waals surface area contributed by atoms with Gasteiger partial charge < -0.3 is 9.94 Å². The highest BCUT2D eigenvalue weighted by Crippen LogP contribution is 2.84. The van der Waals surface area contributed by atoms with Crippen LogP contribution in [0.1, 0.15) is 57.8 Å². The Morgan fingerprint density at radius 3 is 2.21 bits per heavy atom. The molecule has 28 heavy (non-hydrogen) atoms. The maximum Gasteiger partial charge on any atom is 0.549 e. The third-order valence-corrected chi connectivity index (χ3v) is 9.30. The number of hydroxylamine groups is 1. The number of nitrogens with one attached hydrogen (secondary N) is 1. The van der Waals surface area contributed by atoms with Gasteiger partial charge in [-0.3, -0.25) is 9.26 Å². The van der Waals surface area contributed by atoms with Crippen LogP contribution in [0, 0.1) is 33.8 Å². The normalized spacial score (nSPS) is 39.1. The largest absolute Gasteiger partial charge is 0.618 e. The second-order valence-corrected chi connectivity index (χ2v) is 11.1. The first-order chi connectivity index (χ1) is 13.0. The number of carbonyl (C=O) groups is 1.